The van der Waals surface area contributed by atoms with Gasteiger partial charge in [-0.3, -0.25) is 43.3 Å². The Morgan fingerprint density at radius 2 is 0.951 bits per heavy atom. The Morgan fingerprint density at radius 3 is 1.39 bits per heavy atom. The van der Waals surface area contributed by atoms with Gasteiger partial charge in [-0.1, -0.05) is 68.9 Å². The van der Waals surface area contributed by atoms with E-state index >= 15 is 0 Å². The van der Waals surface area contributed by atoms with E-state index in [2.05, 4.69) is 27.8 Å². The van der Waals surface area contributed by atoms with Crippen molar-refractivity contribution in [3.8, 4) is 0 Å². The fourth-order valence-electron chi connectivity index (χ4n) is 6.53. The molecule has 348 valence electrons. The molecule has 0 aromatic rings. The summed E-state index contributed by atoms with van der Waals surface area (Å²) in [4.78, 5) is 126. The Hall–Kier alpha value is -5.03. The van der Waals surface area contributed by atoms with Gasteiger partial charge in [-0.05, 0) is 63.2 Å². The maximum atomic E-state index is 14.2. The van der Waals surface area contributed by atoms with Crippen LogP contribution in [0.15, 0.2) is 12.3 Å². The molecule has 0 saturated heterocycles. The molecule has 6 atom stereocenters. The molecule has 0 aliphatic rings. The van der Waals surface area contributed by atoms with Gasteiger partial charge in [-0.15, -0.1) is 0 Å². The number of carbonyl (C=O) groups excluding carboxylic acids is 9. The molecular weight excluding hydrogens is 787 g/mol. The predicted octanol–water partition coefficient (Wildman–Crippen LogP) is 2.33. The fourth-order valence-corrected chi connectivity index (χ4v) is 6.53. The van der Waals surface area contributed by atoms with Gasteiger partial charge in [-0.2, -0.15) is 0 Å². The molecule has 0 radical (unpaired) electrons. The summed E-state index contributed by atoms with van der Waals surface area (Å²) in [5.74, 6) is -5.17. The molecule has 0 heterocycles. The minimum atomic E-state index is -1.16. The molecule has 1 unspecified atom stereocenters. The zero-order valence-electron chi connectivity index (χ0n) is 39.9. The number of nitrogens with zero attached hydrogens (tertiary/aromatic N) is 5. The van der Waals surface area contributed by atoms with Crippen LogP contribution >= 0.6 is 0 Å². The first kappa shape index (κ1) is 56.0. The molecular formula is C43H77N9O9. The van der Waals surface area contributed by atoms with Crippen LogP contribution in [-0.2, 0) is 38.4 Å². The summed E-state index contributed by atoms with van der Waals surface area (Å²) >= 11 is 0. The lowest BCUT2D eigenvalue weighted by molar-refractivity contribution is -0.146. The van der Waals surface area contributed by atoms with E-state index in [9.17, 15) is 43.2 Å². The lowest BCUT2D eigenvalue weighted by Gasteiger charge is -2.35. The first-order chi connectivity index (χ1) is 28.1. The van der Waals surface area contributed by atoms with Crippen LogP contribution in [0.4, 0.5) is 4.79 Å². The summed E-state index contributed by atoms with van der Waals surface area (Å²) in [6.45, 7) is 23.3. The van der Waals surface area contributed by atoms with Gasteiger partial charge in [0.25, 0.3) is 11.8 Å². The van der Waals surface area contributed by atoms with E-state index in [4.69, 9.17) is 0 Å². The molecule has 0 aromatic heterocycles. The Balaban J connectivity index is 6.24. The average molecular weight is 864 g/mol. The highest BCUT2D eigenvalue weighted by atomic mass is 16.2. The van der Waals surface area contributed by atoms with Gasteiger partial charge in [0, 0.05) is 48.7 Å². The lowest BCUT2D eigenvalue weighted by Crippen LogP contribution is -2.60. The quantitative estimate of drug-likeness (QED) is 0.111. The largest absolute Gasteiger partial charge is 0.343 e. The van der Waals surface area contributed by atoms with Crippen molar-refractivity contribution in [2.45, 2.75) is 145 Å². The van der Waals surface area contributed by atoms with Crippen LogP contribution in [0.3, 0.4) is 0 Å². The average Bonchev–Trinajstić information content (AvgIpc) is 3.19. The van der Waals surface area contributed by atoms with Crippen LogP contribution in [0.5, 0.6) is 0 Å². The zero-order valence-corrected chi connectivity index (χ0v) is 39.9. The molecule has 0 saturated carbocycles. The number of carbonyl (C=O) groups is 9. The van der Waals surface area contributed by atoms with E-state index < -0.39 is 89.6 Å². The normalized spacial score (nSPS) is 14.2. The summed E-state index contributed by atoms with van der Waals surface area (Å²) in [5, 5.41) is 10.5. The monoisotopic (exact) mass is 864 g/mol. The third-order valence-corrected chi connectivity index (χ3v) is 10.4. The molecule has 0 bridgehead atoms. The second-order valence-corrected chi connectivity index (χ2v) is 17.5. The topological polar surface area (TPSA) is 218 Å². The Morgan fingerprint density at radius 1 is 0.525 bits per heavy atom. The summed E-state index contributed by atoms with van der Waals surface area (Å²) < 4.78 is 0. The first-order valence-electron chi connectivity index (χ1n) is 21.2. The second kappa shape index (κ2) is 25.7. The van der Waals surface area contributed by atoms with Crippen LogP contribution in [0, 0.1) is 23.7 Å². The smallest absolute Gasteiger partial charge is 0.323 e. The molecule has 4 N–H and O–H groups in total. The van der Waals surface area contributed by atoms with Crippen molar-refractivity contribution in [1.29, 1.82) is 0 Å². The Labute approximate surface area is 364 Å². The van der Waals surface area contributed by atoms with E-state index in [-0.39, 0.29) is 55.0 Å². The zero-order chi connectivity index (χ0) is 47.8. The van der Waals surface area contributed by atoms with Crippen LogP contribution in [-0.4, -0.2) is 156 Å². The SMILES string of the molecule is C=C(C(=O)N(C)[C@@H](CC(C)C)C(=O)N[C@H](C(=O)N(C)[C@@H](CC(C)C)C(=O)N[C@H](C)C(=O)NC(C)C(=O)N(C)[C@@H](CC(C)C)C(=O)N(C)C(=O)NC)C(C)C)N(C)C(=O)CCC. The van der Waals surface area contributed by atoms with Crippen molar-refractivity contribution in [2.24, 2.45) is 23.7 Å². The molecule has 18 nitrogen and oxygen atoms in total. The molecule has 0 aliphatic carbocycles. The number of imide groups is 1. The third kappa shape index (κ3) is 16.7. The van der Waals surface area contributed by atoms with E-state index in [1.54, 1.807) is 13.8 Å². The number of amides is 10. The number of nitrogens with one attached hydrogen (secondary N) is 4. The molecule has 61 heavy (non-hydrogen) atoms. The van der Waals surface area contributed by atoms with Gasteiger partial charge >= 0.3 is 6.03 Å². The van der Waals surface area contributed by atoms with Crippen LogP contribution in [0.2, 0.25) is 0 Å². The Bertz CT molecular complexity index is 1580. The van der Waals surface area contributed by atoms with Crippen molar-refractivity contribution < 1.29 is 43.2 Å². The molecule has 10 amide bonds. The minimum Gasteiger partial charge on any atom is -0.343 e. The van der Waals surface area contributed by atoms with E-state index in [1.165, 1.54) is 75.7 Å². The molecule has 0 rings (SSSR count). The summed E-state index contributed by atoms with van der Waals surface area (Å²) in [5.41, 5.74) is -0.0909. The highest BCUT2D eigenvalue weighted by molar-refractivity contribution is 6.01. The van der Waals surface area contributed by atoms with Gasteiger partial charge < -0.3 is 40.9 Å². The van der Waals surface area contributed by atoms with Gasteiger partial charge in [0.05, 0.1) is 0 Å². The maximum absolute atomic E-state index is 14.2. The highest BCUT2D eigenvalue weighted by Crippen LogP contribution is 2.19. The fraction of sp³-hybridized carbons (Fsp3) is 0.744. The predicted molar refractivity (Wildman–Crippen MR) is 234 cm³/mol. The summed E-state index contributed by atoms with van der Waals surface area (Å²) in [7, 11) is 8.47. The van der Waals surface area contributed by atoms with E-state index in [1.807, 2.05) is 48.5 Å². The lowest BCUT2D eigenvalue weighted by atomic mass is 9.96. The van der Waals surface area contributed by atoms with E-state index in [0.29, 0.717) is 6.42 Å². The Kier molecular flexibility index (Phi) is 23.6. The molecule has 0 fully saturated rings. The summed E-state index contributed by atoms with van der Waals surface area (Å²) in [6, 6.07) is -7.11. The first-order valence-corrected chi connectivity index (χ1v) is 21.2. The van der Waals surface area contributed by atoms with Crippen LogP contribution in [0.1, 0.15) is 108 Å². The summed E-state index contributed by atoms with van der Waals surface area (Å²) in [6.07, 6.45) is 1.51. The van der Waals surface area contributed by atoms with Crippen molar-refractivity contribution in [3.63, 3.8) is 0 Å². The van der Waals surface area contributed by atoms with E-state index in [0.717, 1.165) is 4.90 Å². The number of likely N-dealkylation sites (N-methyl/N-ethyl adjacent to an activating group) is 5. The van der Waals surface area contributed by atoms with Crippen molar-refractivity contribution in [1.82, 2.24) is 45.8 Å². The minimum absolute atomic E-state index is 0.0141. The molecule has 0 spiro atoms. The molecule has 0 aliphatic heterocycles. The highest BCUT2D eigenvalue weighted by Gasteiger charge is 2.39. The van der Waals surface area contributed by atoms with Crippen LogP contribution < -0.4 is 21.3 Å². The van der Waals surface area contributed by atoms with Crippen molar-refractivity contribution >= 4 is 53.3 Å². The molecule has 18 heteroatoms. The van der Waals surface area contributed by atoms with Gasteiger partial charge in [0.15, 0.2) is 0 Å². The maximum Gasteiger partial charge on any atom is 0.323 e. The number of hydrogen-bond acceptors (Lipinski definition) is 9. The molecule has 0 aromatic carbocycles. The standard InChI is InChI=1S/C43H77N9O9/c1-19-20-34(53)48(14)30(12)40(58)49(15)32(22-25(4)5)38(56)47-35(27(8)9)42(60)50(16)31(21-24(2)3)37(55)45-28(10)36(54)46-29(11)39(57)51(17)33(23-26(6)7)41(59)52(18)43(61)44-13/h24-29,31-33,35H,12,19-23H2,1-11,13-18H3,(H,44,61)(H,45,55)(H,46,54)(H,47,56)/t28-,29?,31+,32+,33+,35+/m1/s1. The third-order valence-electron chi connectivity index (χ3n) is 10.4. The van der Waals surface area contributed by atoms with Crippen molar-refractivity contribution in [3.05, 3.63) is 12.3 Å². The second-order valence-electron chi connectivity index (χ2n) is 17.5. The number of urea groups is 1. The van der Waals surface area contributed by atoms with Gasteiger partial charge in [0.1, 0.15) is 41.9 Å². The van der Waals surface area contributed by atoms with Gasteiger partial charge in [0.2, 0.25) is 35.4 Å². The van der Waals surface area contributed by atoms with Gasteiger partial charge in [-0.25, -0.2) is 4.79 Å². The van der Waals surface area contributed by atoms with Crippen LogP contribution in [0.25, 0.3) is 0 Å². The number of rotatable bonds is 23. The number of hydrogen-bond donors (Lipinski definition) is 4. The van der Waals surface area contributed by atoms with Crippen molar-refractivity contribution in [2.75, 3.05) is 42.3 Å².